The number of piperazine rings is 1. The molecular weight excluding hydrogens is 398 g/mol. The summed E-state index contributed by atoms with van der Waals surface area (Å²) >= 11 is 0. The molecule has 11 nitrogen and oxygen atoms in total. The fourth-order valence-corrected chi connectivity index (χ4v) is 3.82. The molecule has 2 aliphatic heterocycles. The van der Waals surface area contributed by atoms with Crippen LogP contribution in [-0.2, 0) is 9.59 Å². The summed E-state index contributed by atoms with van der Waals surface area (Å²) in [5, 5.41) is 19.0. The molecule has 160 valence electrons. The first kappa shape index (κ1) is 19.4. The third-order valence-corrected chi connectivity index (χ3v) is 5.71. The number of rotatable bonds is 6. The maximum Gasteiger partial charge on any atom is 0.254 e. The Balaban J connectivity index is 1.46. The quantitative estimate of drug-likeness (QED) is 0.495. The molecule has 1 saturated carbocycles. The second-order valence-electron chi connectivity index (χ2n) is 8.06. The van der Waals surface area contributed by atoms with Gasteiger partial charge in [-0.1, -0.05) is 0 Å². The lowest BCUT2D eigenvalue weighted by Crippen LogP contribution is -2.47. The minimum absolute atomic E-state index is 0.0615. The number of hydrogen-bond acceptors (Lipinski definition) is 9. The molecule has 0 unspecified atom stereocenters. The Kier molecular flexibility index (Phi) is 4.99. The van der Waals surface area contributed by atoms with E-state index in [-0.39, 0.29) is 18.2 Å². The molecule has 3 fully saturated rings. The van der Waals surface area contributed by atoms with E-state index >= 15 is 0 Å². The summed E-state index contributed by atoms with van der Waals surface area (Å²) in [6, 6.07) is 2.58. The summed E-state index contributed by atoms with van der Waals surface area (Å²) in [7, 11) is 0. The molecule has 5 rings (SSSR count). The predicted molar refractivity (Wildman–Crippen MR) is 112 cm³/mol. The van der Waals surface area contributed by atoms with Gasteiger partial charge in [0, 0.05) is 56.3 Å². The molecule has 4 heterocycles. The highest BCUT2D eigenvalue weighted by Gasteiger charge is 2.27. The van der Waals surface area contributed by atoms with Crippen molar-refractivity contribution in [1.82, 2.24) is 29.8 Å². The van der Waals surface area contributed by atoms with Gasteiger partial charge in [0.05, 0.1) is 18.7 Å². The molecule has 0 bridgehead atoms. The van der Waals surface area contributed by atoms with Gasteiger partial charge in [-0.3, -0.25) is 19.8 Å². The molecule has 2 aromatic heterocycles. The Bertz CT molecular complexity index is 1100. The zero-order chi connectivity index (χ0) is 21.4. The third-order valence-electron chi connectivity index (χ3n) is 5.71. The second-order valence-corrected chi connectivity index (χ2v) is 8.06. The maximum atomic E-state index is 12.0. The number of carbonyl (C=O) groups excluding carboxylic acids is 2. The highest BCUT2D eigenvalue weighted by molar-refractivity contribution is 6.15. The zero-order valence-corrected chi connectivity index (χ0v) is 17.0. The molecule has 2 N–H and O–H groups in total. The monoisotopic (exact) mass is 421 g/mol. The number of nitriles is 1. The summed E-state index contributed by atoms with van der Waals surface area (Å²) in [6.45, 7) is 4.01. The number of imide groups is 1. The molecule has 3 aliphatic rings. The van der Waals surface area contributed by atoms with Crippen LogP contribution in [0, 0.1) is 11.3 Å². The Labute approximate surface area is 178 Å². The highest BCUT2D eigenvalue weighted by Crippen LogP contribution is 2.27. The first-order valence-electron chi connectivity index (χ1n) is 10.5. The number of nitrogens with one attached hydrogen (secondary N) is 2. The summed E-state index contributed by atoms with van der Waals surface area (Å²) in [4.78, 5) is 37.4. The highest BCUT2D eigenvalue weighted by atomic mass is 16.2. The lowest BCUT2D eigenvalue weighted by molar-refractivity contribution is -0.124. The van der Waals surface area contributed by atoms with Crippen LogP contribution in [0.15, 0.2) is 11.8 Å². The summed E-state index contributed by atoms with van der Waals surface area (Å²) in [5.41, 5.74) is 1.68. The molecular formula is C20H23N9O2. The number of carbonyl (C=O) groups is 2. The summed E-state index contributed by atoms with van der Waals surface area (Å²) < 4.78 is 1.66. The Morgan fingerprint density at radius 2 is 2.03 bits per heavy atom. The molecule has 0 atom stereocenters. The molecule has 11 heteroatoms. The number of hydrogen-bond donors (Lipinski definition) is 2. The van der Waals surface area contributed by atoms with Crippen LogP contribution < -0.4 is 15.5 Å². The molecule has 31 heavy (non-hydrogen) atoms. The normalized spacial score (nSPS) is 21.0. The van der Waals surface area contributed by atoms with Crippen LogP contribution >= 0.6 is 0 Å². The molecule has 2 aromatic rings. The first-order valence-corrected chi connectivity index (χ1v) is 10.5. The molecule has 0 spiro atoms. The van der Waals surface area contributed by atoms with Crippen molar-refractivity contribution in [2.75, 3.05) is 42.9 Å². The molecule has 0 radical (unpaired) electrons. The smallest absolute Gasteiger partial charge is 0.254 e. The SMILES string of the molecule is N#CCCN1CCN(c2nc(NC3CC3)n3ncc(/C=C4\CC(=O)NC4=O)c3n2)CC1. The van der Waals surface area contributed by atoms with Crippen LogP contribution in [0.5, 0.6) is 0 Å². The van der Waals surface area contributed by atoms with Gasteiger partial charge in [-0.25, -0.2) is 0 Å². The first-order chi connectivity index (χ1) is 15.1. The van der Waals surface area contributed by atoms with E-state index in [4.69, 9.17) is 15.2 Å². The van der Waals surface area contributed by atoms with Gasteiger partial charge in [0.1, 0.15) is 0 Å². The Morgan fingerprint density at radius 1 is 1.23 bits per heavy atom. The van der Waals surface area contributed by atoms with Gasteiger partial charge in [-0.15, -0.1) is 0 Å². The van der Waals surface area contributed by atoms with E-state index in [1.54, 1.807) is 16.8 Å². The standard InChI is InChI=1S/C20H23N9O2/c21-4-1-5-27-6-8-28(9-7-27)19-25-17-14(10-13-11-16(30)24-18(13)31)12-22-29(17)20(26-19)23-15-2-3-15/h10,12,15H,1-3,5-9,11H2,(H,23,25,26)(H,24,30,31)/b13-10+. The van der Waals surface area contributed by atoms with Crippen molar-refractivity contribution in [3.05, 3.63) is 17.3 Å². The Hall–Kier alpha value is -3.52. The fraction of sp³-hybridized carbons (Fsp3) is 0.500. The van der Waals surface area contributed by atoms with Gasteiger partial charge in [0.25, 0.3) is 5.91 Å². The van der Waals surface area contributed by atoms with Crippen molar-refractivity contribution in [3.8, 4) is 6.07 Å². The average Bonchev–Trinajstić information content (AvgIpc) is 3.40. The van der Waals surface area contributed by atoms with Gasteiger partial charge < -0.3 is 10.2 Å². The van der Waals surface area contributed by atoms with Gasteiger partial charge in [0.15, 0.2) is 5.65 Å². The van der Waals surface area contributed by atoms with E-state index in [1.807, 2.05) is 0 Å². The van der Waals surface area contributed by atoms with Crippen LogP contribution in [0.3, 0.4) is 0 Å². The van der Waals surface area contributed by atoms with Gasteiger partial charge in [-0.05, 0) is 18.9 Å². The van der Waals surface area contributed by atoms with E-state index < -0.39 is 0 Å². The second kappa shape index (κ2) is 7.96. The average molecular weight is 421 g/mol. The van der Waals surface area contributed by atoms with Crippen molar-refractivity contribution in [3.63, 3.8) is 0 Å². The van der Waals surface area contributed by atoms with Crippen molar-refractivity contribution in [2.45, 2.75) is 31.7 Å². The van der Waals surface area contributed by atoms with Gasteiger partial charge in [0.2, 0.25) is 17.8 Å². The van der Waals surface area contributed by atoms with Crippen LogP contribution in [0.2, 0.25) is 0 Å². The summed E-state index contributed by atoms with van der Waals surface area (Å²) in [5.74, 6) is 0.575. The van der Waals surface area contributed by atoms with Crippen molar-refractivity contribution in [1.29, 1.82) is 5.26 Å². The minimum Gasteiger partial charge on any atom is -0.351 e. The van der Waals surface area contributed by atoms with Gasteiger partial charge in [-0.2, -0.15) is 24.8 Å². The van der Waals surface area contributed by atoms with Crippen LogP contribution in [0.4, 0.5) is 11.9 Å². The molecule has 2 amide bonds. The largest absolute Gasteiger partial charge is 0.351 e. The summed E-state index contributed by atoms with van der Waals surface area (Å²) in [6.07, 6.45) is 6.11. The lowest BCUT2D eigenvalue weighted by atomic mass is 10.1. The number of aromatic nitrogens is 4. The predicted octanol–water partition coefficient (Wildman–Crippen LogP) is 0.164. The fourth-order valence-electron chi connectivity index (χ4n) is 3.82. The number of amides is 2. The molecule has 0 aromatic carbocycles. The molecule has 1 aliphatic carbocycles. The van der Waals surface area contributed by atoms with Crippen LogP contribution in [0.1, 0.15) is 31.2 Å². The zero-order valence-electron chi connectivity index (χ0n) is 17.0. The van der Waals surface area contributed by atoms with Crippen molar-refractivity contribution >= 4 is 35.4 Å². The maximum absolute atomic E-state index is 12.0. The van der Waals surface area contributed by atoms with Crippen molar-refractivity contribution in [2.24, 2.45) is 0 Å². The minimum atomic E-state index is -0.372. The van der Waals surface area contributed by atoms with Crippen LogP contribution in [0.25, 0.3) is 11.7 Å². The number of fused-ring (bicyclic) bond motifs is 1. The van der Waals surface area contributed by atoms with Crippen LogP contribution in [-0.4, -0.2) is 75.1 Å². The van der Waals surface area contributed by atoms with E-state index in [2.05, 4.69) is 31.6 Å². The lowest BCUT2D eigenvalue weighted by Gasteiger charge is -2.34. The van der Waals surface area contributed by atoms with Gasteiger partial charge >= 0.3 is 0 Å². The third kappa shape index (κ3) is 4.06. The van der Waals surface area contributed by atoms with E-state index in [9.17, 15) is 9.59 Å². The van der Waals surface area contributed by atoms with E-state index in [0.29, 0.717) is 41.1 Å². The molecule has 2 saturated heterocycles. The number of nitrogens with zero attached hydrogens (tertiary/aromatic N) is 7. The Morgan fingerprint density at radius 3 is 2.71 bits per heavy atom. The topological polar surface area (TPSA) is 132 Å². The number of anilines is 2. The van der Waals surface area contributed by atoms with E-state index in [1.165, 1.54) is 0 Å². The van der Waals surface area contributed by atoms with Crippen molar-refractivity contribution < 1.29 is 9.59 Å². The van der Waals surface area contributed by atoms with E-state index in [0.717, 1.165) is 45.6 Å².